The zero-order valence-corrected chi connectivity index (χ0v) is 6.57. The van der Waals surface area contributed by atoms with Crippen molar-refractivity contribution in [3.05, 3.63) is 0 Å². The SMILES string of the molecule is CCOCC(=O)NCC(F)(F)F. The van der Waals surface area contributed by atoms with Crippen LogP contribution >= 0.6 is 0 Å². The Labute approximate surface area is 67.9 Å². The molecule has 3 nitrogen and oxygen atoms in total. The average Bonchev–Trinajstić information content (AvgIpc) is 1.95. The molecule has 72 valence electrons. The number of nitrogens with one attached hydrogen (secondary N) is 1. The van der Waals surface area contributed by atoms with Gasteiger partial charge in [-0.3, -0.25) is 4.79 Å². The standard InChI is InChI=1S/C6H10F3NO2/c1-2-12-3-5(11)10-4-6(7,8)9/h2-4H2,1H3,(H,10,11). The first-order valence-electron chi connectivity index (χ1n) is 3.37. The van der Waals surface area contributed by atoms with E-state index in [2.05, 4.69) is 4.74 Å². The number of halogens is 3. The highest BCUT2D eigenvalue weighted by molar-refractivity contribution is 5.77. The molecule has 6 heteroatoms. The minimum Gasteiger partial charge on any atom is -0.372 e. The highest BCUT2D eigenvalue weighted by Gasteiger charge is 2.27. The third-order valence-corrected chi connectivity index (χ3v) is 0.923. The summed E-state index contributed by atoms with van der Waals surface area (Å²) in [7, 11) is 0. The molecule has 1 amide bonds. The molecule has 0 saturated carbocycles. The number of hydrogen-bond donors (Lipinski definition) is 1. The van der Waals surface area contributed by atoms with Gasteiger partial charge in [0.05, 0.1) is 0 Å². The van der Waals surface area contributed by atoms with Crippen LogP contribution in [0.25, 0.3) is 0 Å². The minimum atomic E-state index is -4.36. The van der Waals surface area contributed by atoms with E-state index in [1.54, 1.807) is 12.2 Å². The molecule has 0 spiro atoms. The summed E-state index contributed by atoms with van der Waals surface area (Å²) in [5.74, 6) is -0.755. The van der Waals surface area contributed by atoms with Crippen molar-refractivity contribution in [2.45, 2.75) is 13.1 Å². The smallest absolute Gasteiger partial charge is 0.372 e. The molecule has 0 fully saturated rings. The number of ether oxygens (including phenoxy) is 1. The highest BCUT2D eigenvalue weighted by Crippen LogP contribution is 2.11. The van der Waals surface area contributed by atoms with Crippen LogP contribution < -0.4 is 5.32 Å². The van der Waals surface area contributed by atoms with Crippen molar-refractivity contribution >= 4 is 5.91 Å². The first-order chi connectivity index (χ1) is 5.45. The summed E-state index contributed by atoms with van der Waals surface area (Å²) in [6, 6.07) is 0. The van der Waals surface area contributed by atoms with E-state index in [1.807, 2.05) is 0 Å². The lowest BCUT2D eigenvalue weighted by atomic mass is 10.5. The van der Waals surface area contributed by atoms with Gasteiger partial charge < -0.3 is 10.1 Å². The molecule has 0 aromatic heterocycles. The Morgan fingerprint density at radius 2 is 2.08 bits per heavy atom. The Bertz CT molecular complexity index is 146. The summed E-state index contributed by atoms with van der Waals surface area (Å²) in [6.45, 7) is 0.321. The summed E-state index contributed by atoms with van der Waals surface area (Å²) in [5.41, 5.74) is 0. The maximum atomic E-state index is 11.5. The highest BCUT2D eigenvalue weighted by atomic mass is 19.4. The van der Waals surface area contributed by atoms with Gasteiger partial charge in [0.15, 0.2) is 0 Å². The molecule has 0 aromatic rings. The van der Waals surface area contributed by atoms with Gasteiger partial charge in [-0.25, -0.2) is 0 Å². The first-order valence-corrected chi connectivity index (χ1v) is 3.37. The van der Waals surface area contributed by atoms with Crippen molar-refractivity contribution < 1.29 is 22.7 Å². The normalized spacial score (nSPS) is 11.3. The van der Waals surface area contributed by atoms with Crippen LogP contribution in [-0.4, -0.2) is 31.8 Å². The van der Waals surface area contributed by atoms with Crippen molar-refractivity contribution in [2.75, 3.05) is 19.8 Å². The summed E-state index contributed by atoms with van der Waals surface area (Å²) >= 11 is 0. The van der Waals surface area contributed by atoms with E-state index in [0.717, 1.165) is 0 Å². The molecule has 0 unspecified atom stereocenters. The van der Waals surface area contributed by atoms with E-state index in [1.165, 1.54) is 0 Å². The molecule has 0 atom stereocenters. The van der Waals surface area contributed by atoms with Crippen LogP contribution in [-0.2, 0) is 9.53 Å². The second kappa shape index (κ2) is 4.97. The van der Waals surface area contributed by atoms with E-state index in [-0.39, 0.29) is 6.61 Å². The average molecular weight is 185 g/mol. The fourth-order valence-corrected chi connectivity index (χ4v) is 0.445. The fourth-order valence-electron chi connectivity index (χ4n) is 0.445. The van der Waals surface area contributed by atoms with Gasteiger partial charge in [0.25, 0.3) is 0 Å². The number of rotatable bonds is 4. The van der Waals surface area contributed by atoms with Gasteiger partial charge in [-0.15, -0.1) is 0 Å². The van der Waals surface area contributed by atoms with Crippen molar-refractivity contribution in [3.63, 3.8) is 0 Å². The van der Waals surface area contributed by atoms with Gasteiger partial charge in [0.1, 0.15) is 13.2 Å². The van der Waals surface area contributed by atoms with Crippen LogP contribution in [0, 0.1) is 0 Å². The summed E-state index contributed by atoms with van der Waals surface area (Å²) in [4.78, 5) is 10.5. The predicted molar refractivity (Wildman–Crippen MR) is 35.6 cm³/mol. The molecule has 0 aromatic carbocycles. The second-order valence-corrected chi connectivity index (χ2v) is 2.03. The number of carbonyl (C=O) groups excluding carboxylic acids is 1. The Balaban J connectivity index is 3.44. The van der Waals surface area contributed by atoms with Gasteiger partial charge >= 0.3 is 6.18 Å². The molecule has 0 heterocycles. The van der Waals surface area contributed by atoms with Gasteiger partial charge in [-0.1, -0.05) is 0 Å². The molecule has 0 aliphatic heterocycles. The molecular weight excluding hydrogens is 175 g/mol. The van der Waals surface area contributed by atoms with E-state index in [4.69, 9.17) is 0 Å². The minimum absolute atomic E-state index is 0.305. The predicted octanol–water partition coefficient (Wildman–Crippen LogP) is 0.701. The quantitative estimate of drug-likeness (QED) is 0.700. The number of amides is 1. The van der Waals surface area contributed by atoms with Gasteiger partial charge in [0.2, 0.25) is 5.91 Å². The van der Waals surface area contributed by atoms with Gasteiger partial charge in [0, 0.05) is 6.61 Å². The number of alkyl halides is 3. The third kappa shape index (κ3) is 7.33. The van der Waals surface area contributed by atoms with Crippen LogP contribution in [0.2, 0.25) is 0 Å². The number of hydrogen-bond acceptors (Lipinski definition) is 2. The maximum Gasteiger partial charge on any atom is 0.405 e. The lowest BCUT2D eigenvalue weighted by Crippen LogP contribution is -2.35. The van der Waals surface area contributed by atoms with Crippen LogP contribution in [0.5, 0.6) is 0 Å². The monoisotopic (exact) mass is 185 g/mol. The number of carbonyl (C=O) groups is 1. The summed E-state index contributed by atoms with van der Waals surface area (Å²) in [6.07, 6.45) is -4.36. The van der Waals surface area contributed by atoms with Crippen LogP contribution in [0.1, 0.15) is 6.92 Å². The van der Waals surface area contributed by atoms with Gasteiger partial charge in [-0.05, 0) is 6.92 Å². The molecule has 0 bridgehead atoms. The second-order valence-electron chi connectivity index (χ2n) is 2.03. The van der Waals surface area contributed by atoms with E-state index >= 15 is 0 Å². The zero-order chi connectivity index (χ0) is 9.61. The summed E-state index contributed by atoms with van der Waals surface area (Å²) < 4.78 is 39.0. The van der Waals surface area contributed by atoms with Crippen LogP contribution in [0.15, 0.2) is 0 Å². The molecule has 1 N–H and O–H groups in total. The molecule has 12 heavy (non-hydrogen) atoms. The largest absolute Gasteiger partial charge is 0.405 e. The van der Waals surface area contributed by atoms with Crippen molar-refractivity contribution in [2.24, 2.45) is 0 Å². The first kappa shape index (κ1) is 11.2. The lowest BCUT2D eigenvalue weighted by Gasteiger charge is -2.07. The maximum absolute atomic E-state index is 11.5. The molecular formula is C6H10F3NO2. The molecule has 0 rings (SSSR count). The van der Waals surface area contributed by atoms with E-state index < -0.39 is 18.6 Å². The van der Waals surface area contributed by atoms with Crippen LogP contribution in [0.4, 0.5) is 13.2 Å². The summed E-state index contributed by atoms with van der Waals surface area (Å²) in [5, 5.41) is 1.67. The topological polar surface area (TPSA) is 38.3 Å². The van der Waals surface area contributed by atoms with Crippen molar-refractivity contribution in [3.8, 4) is 0 Å². The fraction of sp³-hybridized carbons (Fsp3) is 0.833. The molecule has 0 radical (unpaired) electrons. The Morgan fingerprint density at radius 3 is 2.50 bits per heavy atom. The third-order valence-electron chi connectivity index (χ3n) is 0.923. The Kier molecular flexibility index (Phi) is 4.65. The Morgan fingerprint density at radius 1 is 1.50 bits per heavy atom. The zero-order valence-electron chi connectivity index (χ0n) is 6.57. The van der Waals surface area contributed by atoms with Crippen molar-refractivity contribution in [1.82, 2.24) is 5.32 Å². The molecule has 0 aliphatic carbocycles. The van der Waals surface area contributed by atoms with E-state index in [9.17, 15) is 18.0 Å². The van der Waals surface area contributed by atoms with Crippen molar-refractivity contribution in [1.29, 1.82) is 0 Å². The Hall–Kier alpha value is -0.780. The lowest BCUT2D eigenvalue weighted by molar-refractivity contribution is -0.140. The molecule has 0 saturated heterocycles. The van der Waals surface area contributed by atoms with Crippen LogP contribution in [0.3, 0.4) is 0 Å². The molecule has 0 aliphatic rings. The van der Waals surface area contributed by atoms with E-state index in [0.29, 0.717) is 6.61 Å². The van der Waals surface area contributed by atoms with Gasteiger partial charge in [-0.2, -0.15) is 13.2 Å².